The fraction of sp³-hybridized carbons (Fsp3) is 0.438. The van der Waals surface area contributed by atoms with Crippen LogP contribution in [0.5, 0.6) is 0 Å². The van der Waals surface area contributed by atoms with E-state index in [2.05, 4.69) is 45.8 Å². The van der Waals surface area contributed by atoms with Crippen molar-refractivity contribution < 1.29 is 4.52 Å². The first kappa shape index (κ1) is 15.5. The van der Waals surface area contributed by atoms with Gasteiger partial charge in [-0.2, -0.15) is 4.98 Å². The lowest BCUT2D eigenvalue weighted by Gasteiger charge is -2.25. The smallest absolute Gasteiger partial charge is 0.323 e. The van der Waals surface area contributed by atoms with Crippen LogP contribution in [0.4, 0.5) is 0 Å². The van der Waals surface area contributed by atoms with Crippen molar-refractivity contribution in [2.45, 2.75) is 27.3 Å². The number of aromatic amines is 2. The number of nitrogens with one attached hydrogen (secondary N) is 2. The van der Waals surface area contributed by atoms with Crippen LogP contribution in [-0.4, -0.2) is 38.6 Å². The zero-order valence-corrected chi connectivity index (χ0v) is 13.8. The Hall–Kier alpha value is -2.41. The Bertz CT molecular complexity index is 868. The summed E-state index contributed by atoms with van der Waals surface area (Å²) >= 11 is 0. The van der Waals surface area contributed by atoms with E-state index in [9.17, 15) is 4.79 Å². The molecular formula is C16H21N5O2. The minimum absolute atomic E-state index is 0.211. The quantitative estimate of drug-likeness (QED) is 0.771. The second-order valence-corrected chi connectivity index (χ2v) is 7.08. The summed E-state index contributed by atoms with van der Waals surface area (Å²) in [6.07, 6.45) is 0. The van der Waals surface area contributed by atoms with Crippen molar-refractivity contribution >= 4 is 11.0 Å². The summed E-state index contributed by atoms with van der Waals surface area (Å²) < 4.78 is 5.34. The van der Waals surface area contributed by atoms with Crippen LogP contribution in [0.1, 0.15) is 26.7 Å². The van der Waals surface area contributed by atoms with Gasteiger partial charge in [-0.05, 0) is 30.7 Å². The molecule has 0 unspecified atom stereocenters. The summed E-state index contributed by atoms with van der Waals surface area (Å²) in [7, 11) is 2.03. The van der Waals surface area contributed by atoms with Gasteiger partial charge in [0.25, 0.3) is 0 Å². The Kier molecular flexibility index (Phi) is 3.81. The largest absolute Gasteiger partial charge is 0.338 e. The van der Waals surface area contributed by atoms with Crippen molar-refractivity contribution in [3.63, 3.8) is 0 Å². The Morgan fingerprint density at radius 1 is 1.22 bits per heavy atom. The molecule has 1 aromatic carbocycles. The first-order chi connectivity index (χ1) is 10.8. The van der Waals surface area contributed by atoms with Gasteiger partial charge in [-0.25, -0.2) is 4.79 Å². The molecule has 2 heterocycles. The van der Waals surface area contributed by atoms with Crippen molar-refractivity contribution in [2.24, 2.45) is 5.41 Å². The van der Waals surface area contributed by atoms with Crippen molar-refractivity contribution in [1.82, 2.24) is 25.0 Å². The molecule has 23 heavy (non-hydrogen) atoms. The molecule has 2 N–H and O–H groups in total. The normalized spacial score (nSPS) is 12.4. The van der Waals surface area contributed by atoms with Crippen LogP contribution in [0.3, 0.4) is 0 Å². The van der Waals surface area contributed by atoms with Crippen molar-refractivity contribution in [3.05, 3.63) is 34.6 Å². The third-order valence-corrected chi connectivity index (χ3v) is 3.39. The van der Waals surface area contributed by atoms with E-state index in [1.165, 1.54) is 0 Å². The molecule has 3 rings (SSSR count). The summed E-state index contributed by atoms with van der Waals surface area (Å²) in [5.74, 6) is 1.10. The Morgan fingerprint density at radius 2 is 1.96 bits per heavy atom. The molecule has 0 aliphatic rings. The van der Waals surface area contributed by atoms with Crippen LogP contribution in [0.2, 0.25) is 0 Å². The van der Waals surface area contributed by atoms with Crippen molar-refractivity contribution in [3.8, 4) is 11.4 Å². The second kappa shape index (κ2) is 5.66. The number of imidazole rings is 1. The molecule has 0 saturated carbocycles. The molecule has 7 heteroatoms. The average Bonchev–Trinajstić information content (AvgIpc) is 3.00. The molecule has 0 spiro atoms. The molecule has 122 valence electrons. The van der Waals surface area contributed by atoms with Crippen LogP contribution in [0, 0.1) is 5.41 Å². The molecular weight excluding hydrogens is 294 g/mol. The SMILES string of the molecule is CN(Cc1nc(-c2ccc3[nH]c(=O)[nH]c3c2)no1)CC(C)(C)C. The lowest BCUT2D eigenvalue weighted by atomic mass is 9.96. The number of nitrogens with zero attached hydrogens (tertiary/aromatic N) is 3. The monoisotopic (exact) mass is 315 g/mol. The molecule has 0 fully saturated rings. The third kappa shape index (κ3) is 3.68. The third-order valence-electron chi connectivity index (χ3n) is 3.39. The van der Waals surface area contributed by atoms with Gasteiger partial charge in [-0.15, -0.1) is 0 Å². The molecule has 0 aliphatic heterocycles. The summed E-state index contributed by atoms with van der Waals surface area (Å²) in [5, 5.41) is 4.03. The van der Waals surface area contributed by atoms with Crippen molar-refractivity contribution in [2.75, 3.05) is 13.6 Å². The number of benzene rings is 1. The van der Waals surface area contributed by atoms with Gasteiger partial charge >= 0.3 is 5.69 Å². The predicted molar refractivity (Wildman–Crippen MR) is 88.0 cm³/mol. The van der Waals surface area contributed by atoms with E-state index in [1.807, 2.05) is 25.2 Å². The highest BCUT2D eigenvalue weighted by molar-refractivity contribution is 5.79. The topological polar surface area (TPSA) is 90.8 Å². The average molecular weight is 315 g/mol. The molecule has 0 aliphatic carbocycles. The van der Waals surface area contributed by atoms with Gasteiger partial charge in [0.05, 0.1) is 17.6 Å². The standard InChI is InChI=1S/C16H21N5O2/c1-16(2,3)9-21(4)8-13-19-14(20-23-13)10-5-6-11-12(7-10)18-15(22)17-11/h5-7H,8-9H2,1-4H3,(H2,17,18,22). The highest BCUT2D eigenvalue weighted by Crippen LogP contribution is 2.20. The molecule has 0 bridgehead atoms. The van der Waals surface area contributed by atoms with Gasteiger partial charge in [0, 0.05) is 12.1 Å². The van der Waals surface area contributed by atoms with Gasteiger partial charge in [0.1, 0.15) is 0 Å². The molecule has 0 atom stereocenters. The van der Waals surface area contributed by atoms with Crippen LogP contribution < -0.4 is 5.69 Å². The first-order valence-electron chi connectivity index (χ1n) is 7.54. The molecule has 2 aromatic heterocycles. The number of rotatable bonds is 4. The van der Waals surface area contributed by atoms with Crippen LogP contribution in [0.15, 0.2) is 27.5 Å². The maximum atomic E-state index is 11.3. The van der Waals surface area contributed by atoms with Gasteiger partial charge in [0.15, 0.2) is 0 Å². The van der Waals surface area contributed by atoms with E-state index in [1.54, 1.807) is 0 Å². The second-order valence-electron chi connectivity index (χ2n) is 7.08. The van der Waals surface area contributed by atoms with E-state index in [0.29, 0.717) is 18.3 Å². The molecule has 0 amide bonds. The van der Waals surface area contributed by atoms with Crippen molar-refractivity contribution in [1.29, 1.82) is 0 Å². The summed E-state index contributed by atoms with van der Waals surface area (Å²) in [6.45, 7) is 8.11. The number of aromatic nitrogens is 4. The van der Waals surface area contributed by atoms with E-state index in [4.69, 9.17) is 4.52 Å². The number of hydrogen-bond acceptors (Lipinski definition) is 5. The predicted octanol–water partition coefficient (Wildman–Crippen LogP) is 2.38. The van der Waals surface area contributed by atoms with Gasteiger partial charge in [-0.3, -0.25) is 4.90 Å². The fourth-order valence-electron chi connectivity index (χ4n) is 2.70. The number of hydrogen-bond donors (Lipinski definition) is 2. The molecule has 3 aromatic rings. The number of fused-ring (bicyclic) bond motifs is 1. The molecule has 7 nitrogen and oxygen atoms in total. The minimum atomic E-state index is -0.227. The van der Waals surface area contributed by atoms with E-state index >= 15 is 0 Å². The summed E-state index contributed by atoms with van der Waals surface area (Å²) in [4.78, 5) is 23.3. The fourth-order valence-corrected chi connectivity index (χ4v) is 2.70. The zero-order chi connectivity index (χ0) is 16.6. The lowest BCUT2D eigenvalue weighted by Crippen LogP contribution is -2.28. The van der Waals surface area contributed by atoms with E-state index < -0.39 is 0 Å². The highest BCUT2D eigenvalue weighted by Gasteiger charge is 2.16. The Balaban J connectivity index is 1.78. The van der Waals surface area contributed by atoms with Crippen LogP contribution in [0.25, 0.3) is 22.4 Å². The minimum Gasteiger partial charge on any atom is -0.338 e. The van der Waals surface area contributed by atoms with Crippen LogP contribution >= 0.6 is 0 Å². The number of H-pyrrole nitrogens is 2. The maximum Gasteiger partial charge on any atom is 0.323 e. The Labute approximate surface area is 133 Å². The zero-order valence-electron chi connectivity index (χ0n) is 13.8. The van der Waals surface area contributed by atoms with E-state index in [0.717, 1.165) is 23.1 Å². The first-order valence-corrected chi connectivity index (χ1v) is 7.54. The lowest BCUT2D eigenvalue weighted by molar-refractivity contribution is 0.198. The highest BCUT2D eigenvalue weighted by atomic mass is 16.5. The Morgan fingerprint density at radius 3 is 2.70 bits per heavy atom. The van der Waals surface area contributed by atoms with Crippen LogP contribution in [-0.2, 0) is 6.54 Å². The maximum absolute atomic E-state index is 11.3. The van der Waals surface area contributed by atoms with Gasteiger partial charge < -0.3 is 14.5 Å². The summed E-state index contributed by atoms with van der Waals surface area (Å²) in [6, 6.07) is 5.52. The molecule has 0 radical (unpaired) electrons. The van der Waals surface area contributed by atoms with Gasteiger partial charge in [-0.1, -0.05) is 25.9 Å². The molecule has 0 saturated heterocycles. The summed E-state index contributed by atoms with van der Waals surface area (Å²) in [5.41, 5.74) is 2.27. The van der Waals surface area contributed by atoms with E-state index in [-0.39, 0.29) is 11.1 Å². The van der Waals surface area contributed by atoms with Gasteiger partial charge in [0.2, 0.25) is 11.7 Å².